The lowest BCUT2D eigenvalue weighted by atomic mass is 10.1. The highest BCUT2D eigenvalue weighted by Crippen LogP contribution is 2.23. The second-order valence-corrected chi connectivity index (χ2v) is 5.59. The Morgan fingerprint density at radius 3 is 2.50 bits per heavy atom. The molecule has 0 saturated carbocycles. The molecule has 0 fully saturated rings. The van der Waals surface area contributed by atoms with Crippen LogP contribution in [0, 0.1) is 18.6 Å². The highest BCUT2D eigenvalue weighted by Gasteiger charge is 2.18. The van der Waals surface area contributed by atoms with E-state index in [1.807, 2.05) is 6.92 Å². The maximum Gasteiger partial charge on any atom is 0.151 e. The van der Waals surface area contributed by atoms with Gasteiger partial charge in [0.15, 0.2) is 5.82 Å². The smallest absolute Gasteiger partial charge is 0.151 e. The second kappa shape index (κ2) is 7.01. The van der Waals surface area contributed by atoms with Crippen molar-refractivity contribution in [2.45, 2.75) is 52.6 Å². The Balaban J connectivity index is 2.29. The molecule has 22 heavy (non-hydrogen) atoms. The summed E-state index contributed by atoms with van der Waals surface area (Å²) in [4.78, 5) is 0. The Morgan fingerprint density at radius 1 is 1.23 bits per heavy atom. The van der Waals surface area contributed by atoms with Crippen LogP contribution in [-0.2, 0) is 0 Å². The maximum atomic E-state index is 13.9. The Kier molecular flexibility index (Phi) is 5.29. The van der Waals surface area contributed by atoms with Crippen LogP contribution in [-0.4, -0.2) is 15.8 Å². The first-order chi connectivity index (χ1) is 10.5. The standard InChI is InChI=1S/C17H23F2N3/c1-5-14(6-2)21-11(3)15-10-20-22(12(15)4)17-8-7-13(18)9-16(17)19/h7-11,14,21H,5-6H2,1-4H3/t11-/m0/s1. The molecule has 1 heterocycles. The lowest BCUT2D eigenvalue weighted by molar-refractivity contribution is 0.431. The van der Waals surface area contributed by atoms with Crippen LogP contribution in [0.25, 0.3) is 5.69 Å². The van der Waals surface area contributed by atoms with Crippen LogP contribution in [0.3, 0.4) is 0 Å². The molecule has 0 radical (unpaired) electrons. The molecule has 5 heteroatoms. The van der Waals surface area contributed by atoms with Crippen LogP contribution < -0.4 is 5.32 Å². The molecule has 0 unspecified atom stereocenters. The van der Waals surface area contributed by atoms with Gasteiger partial charge >= 0.3 is 0 Å². The fraction of sp³-hybridized carbons (Fsp3) is 0.471. The fourth-order valence-corrected chi connectivity index (χ4v) is 2.71. The number of nitrogens with one attached hydrogen (secondary N) is 1. The van der Waals surface area contributed by atoms with Crippen molar-refractivity contribution in [2.24, 2.45) is 0 Å². The van der Waals surface area contributed by atoms with Gasteiger partial charge in [0.2, 0.25) is 0 Å². The Hall–Kier alpha value is -1.75. The van der Waals surface area contributed by atoms with E-state index < -0.39 is 11.6 Å². The van der Waals surface area contributed by atoms with E-state index in [2.05, 4.69) is 31.2 Å². The van der Waals surface area contributed by atoms with Crippen molar-refractivity contribution in [1.29, 1.82) is 0 Å². The van der Waals surface area contributed by atoms with Crippen LogP contribution >= 0.6 is 0 Å². The molecule has 1 aromatic heterocycles. The normalized spacial score (nSPS) is 12.9. The third kappa shape index (κ3) is 3.35. The van der Waals surface area contributed by atoms with Crippen molar-refractivity contribution in [3.05, 3.63) is 47.3 Å². The summed E-state index contributed by atoms with van der Waals surface area (Å²) in [6.45, 7) is 8.28. The minimum atomic E-state index is -0.613. The highest BCUT2D eigenvalue weighted by atomic mass is 19.1. The van der Waals surface area contributed by atoms with Crippen molar-refractivity contribution in [2.75, 3.05) is 0 Å². The minimum Gasteiger partial charge on any atom is -0.307 e. The van der Waals surface area contributed by atoms with Crippen LogP contribution in [0.5, 0.6) is 0 Å². The molecule has 0 bridgehead atoms. The van der Waals surface area contributed by atoms with E-state index >= 15 is 0 Å². The topological polar surface area (TPSA) is 29.9 Å². The van der Waals surface area contributed by atoms with Crippen molar-refractivity contribution >= 4 is 0 Å². The van der Waals surface area contributed by atoms with Gasteiger partial charge in [0.05, 0.1) is 6.20 Å². The molecule has 3 nitrogen and oxygen atoms in total. The minimum absolute atomic E-state index is 0.127. The molecule has 2 aromatic rings. The Labute approximate surface area is 130 Å². The molecular formula is C17H23F2N3. The summed E-state index contributed by atoms with van der Waals surface area (Å²) in [6.07, 6.45) is 3.86. The number of nitrogens with zero attached hydrogens (tertiary/aromatic N) is 2. The monoisotopic (exact) mass is 307 g/mol. The maximum absolute atomic E-state index is 13.9. The molecule has 1 aromatic carbocycles. The first-order valence-electron chi connectivity index (χ1n) is 7.73. The van der Waals surface area contributed by atoms with Crippen LogP contribution in [0.15, 0.2) is 24.4 Å². The molecule has 1 N–H and O–H groups in total. The van der Waals surface area contributed by atoms with Crippen molar-refractivity contribution in [3.63, 3.8) is 0 Å². The van der Waals surface area contributed by atoms with Crippen molar-refractivity contribution in [3.8, 4) is 5.69 Å². The summed E-state index contributed by atoms with van der Waals surface area (Å²) >= 11 is 0. The van der Waals surface area contributed by atoms with Gasteiger partial charge in [-0.1, -0.05) is 13.8 Å². The van der Waals surface area contributed by atoms with Crippen LogP contribution in [0.1, 0.15) is 50.9 Å². The first kappa shape index (κ1) is 16.6. The van der Waals surface area contributed by atoms with Gasteiger partial charge in [0.1, 0.15) is 11.5 Å². The molecule has 0 saturated heterocycles. The molecule has 0 spiro atoms. The second-order valence-electron chi connectivity index (χ2n) is 5.59. The van der Waals surface area contributed by atoms with E-state index in [0.29, 0.717) is 6.04 Å². The fourth-order valence-electron chi connectivity index (χ4n) is 2.71. The number of hydrogen-bond acceptors (Lipinski definition) is 2. The molecule has 0 amide bonds. The molecule has 1 atom stereocenters. The van der Waals surface area contributed by atoms with E-state index in [0.717, 1.165) is 30.2 Å². The van der Waals surface area contributed by atoms with Gasteiger partial charge in [-0.2, -0.15) is 5.10 Å². The first-order valence-corrected chi connectivity index (χ1v) is 7.73. The van der Waals surface area contributed by atoms with Crippen LogP contribution in [0.4, 0.5) is 8.78 Å². The lowest BCUT2D eigenvalue weighted by Gasteiger charge is -2.21. The van der Waals surface area contributed by atoms with E-state index in [9.17, 15) is 8.78 Å². The molecular weight excluding hydrogens is 284 g/mol. The van der Waals surface area contributed by atoms with Gasteiger partial charge in [-0.15, -0.1) is 0 Å². The van der Waals surface area contributed by atoms with E-state index in [4.69, 9.17) is 0 Å². The summed E-state index contributed by atoms with van der Waals surface area (Å²) < 4.78 is 28.5. The van der Waals surface area contributed by atoms with Crippen molar-refractivity contribution < 1.29 is 8.78 Å². The number of benzene rings is 1. The number of halogens is 2. The predicted octanol–water partition coefficient (Wildman–Crippen LogP) is 4.30. The van der Waals surface area contributed by atoms with E-state index in [-0.39, 0.29) is 11.7 Å². The third-order valence-electron chi connectivity index (χ3n) is 4.12. The average molecular weight is 307 g/mol. The zero-order valence-electron chi connectivity index (χ0n) is 13.5. The third-order valence-corrected chi connectivity index (χ3v) is 4.12. The number of hydrogen-bond donors (Lipinski definition) is 1. The quantitative estimate of drug-likeness (QED) is 0.862. The van der Waals surface area contributed by atoms with Gasteiger partial charge in [0, 0.05) is 29.4 Å². The zero-order chi connectivity index (χ0) is 16.3. The molecule has 2 rings (SSSR count). The van der Waals surface area contributed by atoms with E-state index in [1.165, 1.54) is 16.8 Å². The van der Waals surface area contributed by atoms with Crippen molar-refractivity contribution in [1.82, 2.24) is 15.1 Å². The SMILES string of the molecule is CCC(CC)N[C@@H](C)c1cnn(-c2ccc(F)cc2F)c1C. The Bertz CT molecular complexity index is 633. The largest absolute Gasteiger partial charge is 0.307 e. The molecule has 0 aliphatic carbocycles. The van der Waals surface area contributed by atoms with Gasteiger partial charge in [-0.25, -0.2) is 13.5 Å². The number of rotatable bonds is 6. The average Bonchev–Trinajstić information content (AvgIpc) is 2.86. The lowest BCUT2D eigenvalue weighted by Crippen LogP contribution is -2.30. The molecule has 0 aliphatic heterocycles. The summed E-state index contributed by atoms with van der Waals surface area (Å²) in [6, 6.07) is 4.10. The number of aromatic nitrogens is 2. The zero-order valence-corrected chi connectivity index (χ0v) is 13.5. The summed E-state index contributed by atoms with van der Waals surface area (Å²) in [5.74, 6) is -1.20. The van der Waals surface area contributed by atoms with Crippen LogP contribution in [0.2, 0.25) is 0 Å². The summed E-state index contributed by atoms with van der Waals surface area (Å²) in [7, 11) is 0. The van der Waals surface area contributed by atoms with Gasteiger partial charge in [0.25, 0.3) is 0 Å². The molecule has 0 aliphatic rings. The van der Waals surface area contributed by atoms with Gasteiger partial charge in [-0.05, 0) is 38.8 Å². The van der Waals surface area contributed by atoms with Gasteiger partial charge < -0.3 is 5.32 Å². The summed E-state index contributed by atoms with van der Waals surface area (Å²) in [5.41, 5.74) is 2.15. The summed E-state index contributed by atoms with van der Waals surface area (Å²) in [5, 5.41) is 7.83. The molecule has 120 valence electrons. The van der Waals surface area contributed by atoms with Gasteiger partial charge in [-0.3, -0.25) is 0 Å². The van der Waals surface area contributed by atoms with E-state index in [1.54, 1.807) is 6.20 Å². The Morgan fingerprint density at radius 2 is 1.91 bits per heavy atom. The highest BCUT2D eigenvalue weighted by molar-refractivity contribution is 5.37. The predicted molar refractivity (Wildman–Crippen MR) is 84.1 cm³/mol.